The Hall–Kier alpha value is -2.24. The summed E-state index contributed by atoms with van der Waals surface area (Å²) in [5, 5.41) is 20.7. The molecule has 1 aromatic rings. The van der Waals surface area contributed by atoms with Crippen LogP contribution in [-0.4, -0.2) is 40.5 Å². The molecular weight excluding hydrogens is 222 g/mol. The number of phenols is 1. The summed E-state index contributed by atoms with van der Waals surface area (Å²) in [6.45, 7) is 0.309. The highest BCUT2D eigenvalue weighted by Crippen LogP contribution is 2.17. The average molecular weight is 237 g/mol. The first-order valence-corrected chi connectivity index (χ1v) is 5.06. The largest absolute Gasteiger partial charge is 0.507 e. The molecule has 0 aromatic heterocycles. The highest BCUT2D eigenvalue weighted by molar-refractivity contribution is 5.96. The van der Waals surface area contributed by atoms with E-state index in [0.717, 1.165) is 0 Å². The first-order chi connectivity index (χ1) is 8.06. The number of carbonyl (C=O) groups excluding carboxylic acids is 1. The van der Waals surface area contributed by atoms with Crippen molar-refractivity contribution in [1.29, 1.82) is 0 Å². The monoisotopic (exact) mass is 237 g/mol. The average Bonchev–Trinajstić information content (AvgIpc) is 2.35. The Bertz CT molecular complexity index is 432. The number of para-hydroxylation sites is 1. The normalized spacial score (nSPS) is 11.2. The first kappa shape index (κ1) is 12.8. The van der Waals surface area contributed by atoms with Crippen LogP contribution >= 0.6 is 0 Å². The molecule has 1 rings (SSSR count). The lowest BCUT2D eigenvalue weighted by atomic mass is 10.2. The fourth-order valence-electron chi connectivity index (χ4n) is 1.29. The molecule has 0 unspecified atom stereocenters. The molecule has 0 saturated carbocycles. The number of nitrogens with two attached hydrogens (primary N) is 1. The highest BCUT2D eigenvalue weighted by atomic mass is 16.4. The van der Waals surface area contributed by atoms with Gasteiger partial charge in [-0.05, 0) is 12.1 Å². The Balaban J connectivity index is 2.68. The van der Waals surface area contributed by atoms with Gasteiger partial charge >= 0.3 is 0 Å². The summed E-state index contributed by atoms with van der Waals surface area (Å²) in [5.74, 6) is -0.316. The summed E-state index contributed by atoms with van der Waals surface area (Å²) in [4.78, 5) is 13.3. The summed E-state index contributed by atoms with van der Waals surface area (Å²) < 4.78 is 0. The Labute approximate surface area is 99.0 Å². The second-order valence-electron chi connectivity index (χ2n) is 3.59. The van der Waals surface area contributed by atoms with Crippen LogP contribution in [0.3, 0.4) is 0 Å². The van der Waals surface area contributed by atoms with Gasteiger partial charge in [0.05, 0.1) is 5.56 Å². The predicted molar refractivity (Wildman–Crippen MR) is 63.1 cm³/mol. The molecule has 0 aliphatic carbocycles. The summed E-state index contributed by atoms with van der Waals surface area (Å²) in [5.41, 5.74) is 5.53. The maximum Gasteiger partial charge on any atom is 0.257 e. The Morgan fingerprint density at radius 2 is 2.12 bits per heavy atom. The molecule has 6 heteroatoms. The van der Waals surface area contributed by atoms with E-state index in [2.05, 4.69) is 5.16 Å². The van der Waals surface area contributed by atoms with E-state index in [0.29, 0.717) is 6.54 Å². The molecule has 0 heterocycles. The van der Waals surface area contributed by atoms with Gasteiger partial charge in [-0.25, -0.2) is 0 Å². The predicted octanol–water partition coefficient (Wildman–Crippen LogP) is 0.601. The summed E-state index contributed by atoms with van der Waals surface area (Å²) in [6, 6.07) is 6.30. The number of amides is 1. The van der Waals surface area contributed by atoms with E-state index in [9.17, 15) is 9.90 Å². The van der Waals surface area contributed by atoms with Gasteiger partial charge in [-0.3, -0.25) is 4.79 Å². The standard InChI is InChI=1S/C11H15N3O3/c1-14(7-6-10(12)13-17)11(16)8-4-2-3-5-9(8)15/h2-5,15,17H,6-7H2,1H3,(H2,12,13). The van der Waals surface area contributed by atoms with E-state index < -0.39 is 0 Å². The molecule has 1 amide bonds. The second-order valence-corrected chi connectivity index (χ2v) is 3.59. The summed E-state index contributed by atoms with van der Waals surface area (Å²) in [7, 11) is 1.58. The number of rotatable bonds is 4. The number of amidine groups is 1. The smallest absolute Gasteiger partial charge is 0.257 e. The van der Waals surface area contributed by atoms with Gasteiger partial charge in [0.2, 0.25) is 0 Å². The Morgan fingerprint density at radius 1 is 1.47 bits per heavy atom. The minimum atomic E-state index is -0.311. The zero-order valence-electron chi connectivity index (χ0n) is 9.50. The van der Waals surface area contributed by atoms with Gasteiger partial charge < -0.3 is 20.9 Å². The zero-order chi connectivity index (χ0) is 12.8. The van der Waals surface area contributed by atoms with Crippen molar-refractivity contribution >= 4 is 11.7 Å². The first-order valence-electron chi connectivity index (χ1n) is 5.06. The van der Waals surface area contributed by atoms with Gasteiger partial charge in [0.15, 0.2) is 0 Å². The van der Waals surface area contributed by atoms with E-state index in [1.165, 1.54) is 17.0 Å². The number of oxime groups is 1. The van der Waals surface area contributed by atoms with E-state index in [1.54, 1.807) is 19.2 Å². The molecule has 0 atom stereocenters. The molecule has 0 saturated heterocycles. The topological polar surface area (TPSA) is 99.1 Å². The van der Waals surface area contributed by atoms with E-state index in [1.807, 2.05) is 0 Å². The number of aromatic hydroxyl groups is 1. The molecule has 0 fully saturated rings. The van der Waals surface area contributed by atoms with Crippen LogP contribution in [0.1, 0.15) is 16.8 Å². The SMILES string of the molecule is CN(CC/C(N)=N/O)C(=O)c1ccccc1O. The highest BCUT2D eigenvalue weighted by Gasteiger charge is 2.15. The molecule has 4 N–H and O–H groups in total. The molecule has 0 spiro atoms. The van der Waals surface area contributed by atoms with Crippen LogP contribution in [0.2, 0.25) is 0 Å². The minimum absolute atomic E-state index is 0.0573. The lowest BCUT2D eigenvalue weighted by molar-refractivity contribution is 0.0795. The van der Waals surface area contributed by atoms with Gasteiger partial charge in [0.25, 0.3) is 5.91 Å². The third-order valence-corrected chi connectivity index (χ3v) is 2.31. The molecular formula is C11H15N3O3. The maximum absolute atomic E-state index is 11.9. The molecule has 0 bridgehead atoms. The van der Waals surface area contributed by atoms with Crippen LogP contribution in [0.25, 0.3) is 0 Å². The molecule has 17 heavy (non-hydrogen) atoms. The van der Waals surface area contributed by atoms with Crippen LogP contribution in [0, 0.1) is 0 Å². The van der Waals surface area contributed by atoms with Gasteiger partial charge in [-0.1, -0.05) is 17.3 Å². The van der Waals surface area contributed by atoms with E-state index >= 15 is 0 Å². The molecule has 6 nitrogen and oxygen atoms in total. The Morgan fingerprint density at radius 3 is 2.71 bits per heavy atom. The van der Waals surface area contributed by atoms with Gasteiger partial charge in [-0.2, -0.15) is 0 Å². The van der Waals surface area contributed by atoms with Crippen LogP contribution < -0.4 is 5.73 Å². The van der Waals surface area contributed by atoms with Crippen molar-refractivity contribution in [2.75, 3.05) is 13.6 Å². The number of carbonyl (C=O) groups is 1. The van der Waals surface area contributed by atoms with Crippen molar-refractivity contribution in [2.45, 2.75) is 6.42 Å². The van der Waals surface area contributed by atoms with Gasteiger partial charge in [0.1, 0.15) is 11.6 Å². The lowest BCUT2D eigenvalue weighted by Gasteiger charge is -2.17. The zero-order valence-corrected chi connectivity index (χ0v) is 9.50. The third-order valence-electron chi connectivity index (χ3n) is 2.31. The summed E-state index contributed by atoms with van der Waals surface area (Å²) in [6.07, 6.45) is 0.270. The summed E-state index contributed by atoms with van der Waals surface area (Å²) >= 11 is 0. The van der Waals surface area contributed by atoms with Crippen LogP contribution in [0.15, 0.2) is 29.4 Å². The second kappa shape index (κ2) is 5.74. The molecule has 0 aliphatic heterocycles. The lowest BCUT2D eigenvalue weighted by Crippen LogP contribution is -2.30. The molecule has 0 radical (unpaired) electrons. The third kappa shape index (κ3) is 3.37. The van der Waals surface area contributed by atoms with Crippen LogP contribution in [0.5, 0.6) is 5.75 Å². The quantitative estimate of drug-likeness (QED) is 0.309. The van der Waals surface area contributed by atoms with Gasteiger partial charge in [0, 0.05) is 20.0 Å². The fraction of sp³-hybridized carbons (Fsp3) is 0.273. The van der Waals surface area contributed by atoms with Crippen molar-refractivity contribution < 1.29 is 15.1 Å². The van der Waals surface area contributed by atoms with Crippen molar-refractivity contribution in [2.24, 2.45) is 10.9 Å². The van der Waals surface area contributed by atoms with Gasteiger partial charge in [-0.15, -0.1) is 0 Å². The van der Waals surface area contributed by atoms with Crippen LogP contribution in [-0.2, 0) is 0 Å². The molecule has 1 aromatic carbocycles. The minimum Gasteiger partial charge on any atom is -0.507 e. The van der Waals surface area contributed by atoms with E-state index in [4.69, 9.17) is 10.9 Å². The maximum atomic E-state index is 11.9. The van der Waals surface area contributed by atoms with Crippen molar-refractivity contribution in [1.82, 2.24) is 4.90 Å². The molecule has 0 aliphatic rings. The number of benzene rings is 1. The number of hydrogen-bond acceptors (Lipinski definition) is 4. The Kier molecular flexibility index (Phi) is 4.33. The number of phenolic OH excluding ortho intramolecular Hbond substituents is 1. The van der Waals surface area contributed by atoms with Crippen molar-refractivity contribution in [3.63, 3.8) is 0 Å². The number of nitrogens with zero attached hydrogens (tertiary/aromatic N) is 2. The number of hydrogen-bond donors (Lipinski definition) is 3. The van der Waals surface area contributed by atoms with Crippen LogP contribution in [0.4, 0.5) is 0 Å². The van der Waals surface area contributed by atoms with Crippen molar-refractivity contribution in [3.05, 3.63) is 29.8 Å². The van der Waals surface area contributed by atoms with Crippen molar-refractivity contribution in [3.8, 4) is 5.75 Å². The fourth-order valence-corrected chi connectivity index (χ4v) is 1.29. The van der Waals surface area contributed by atoms with E-state index in [-0.39, 0.29) is 29.5 Å². The molecule has 92 valence electrons.